The molecule has 0 spiro atoms. The molecule has 4 heteroatoms. The van der Waals surface area contributed by atoms with Crippen molar-refractivity contribution in [1.29, 1.82) is 0 Å². The van der Waals surface area contributed by atoms with Crippen LogP contribution in [0.25, 0.3) is 0 Å². The molecule has 1 rings (SSSR count). The summed E-state index contributed by atoms with van der Waals surface area (Å²) in [6.45, 7) is 11.2. The number of benzene rings is 1. The summed E-state index contributed by atoms with van der Waals surface area (Å²) < 4.78 is 0. The molecule has 1 aromatic rings. The van der Waals surface area contributed by atoms with Gasteiger partial charge in [0.05, 0.1) is 0 Å². The SMILES string of the molecule is CCCNc1ccc(CCCC(=O)NCCN(CC)CC)cc1. The molecule has 0 saturated carbocycles. The zero-order valence-electron chi connectivity index (χ0n) is 15.0. The van der Waals surface area contributed by atoms with Gasteiger partial charge in [0.1, 0.15) is 0 Å². The predicted molar refractivity (Wildman–Crippen MR) is 99.0 cm³/mol. The van der Waals surface area contributed by atoms with E-state index in [1.54, 1.807) is 0 Å². The highest BCUT2D eigenvalue weighted by Gasteiger charge is 2.03. The van der Waals surface area contributed by atoms with E-state index in [0.717, 1.165) is 52.0 Å². The molecule has 0 radical (unpaired) electrons. The summed E-state index contributed by atoms with van der Waals surface area (Å²) in [5.41, 5.74) is 2.47. The molecule has 2 N–H and O–H groups in total. The lowest BCUT2D eigenvalue weighted by molar-refractivity contribution is -0.121. The van der Waals surface area contributed by atoms with Gasteiger partial charge in [-0.2, -0.15) is 0 Å². The first kappa shape index (κ1) is 19.5. The number of anilines is 1. The number of aryl methyl sites for hydroxylation is 1. The maximum absolute atomic E-state index is 11.8. The van der Waals surface area contributed by atoms with Gasteiger partial charge in [0.15, 0.2) is 0 Å². The molecular formula is C19H33N3O. The minimum atomic E-state index is 0.165. The number of hydrogen-bond acceptors (Lipinski definition) is 3. The van der Waals surface area contributed by atoms with Crippen LogP contribution in [0.1, 0.15) is 45.6 Å². The molecule has 0 heterocycles. The second kappa shape index (κ2) is 11.9. The fourth-order valence-corrected chi connectivity index (χ4v) is 2.49. The van der Waals surface area contributed by atoms with E-state index < -0.39 is 0 Å². The first-order valence-corrected chi connectivity index (χ1v) is 9.01. The molecule has 0 aliphatic rings. The minimum absolute atomic E-state index is 0.165. The summed E-state index contributed by atoms with van der Waals surface area (Å²) >= 11 is 0. The van der Waals surface area contributed by atoms with Crippen molar-refractivity contribution in [3.8, 4) is 0 Å². The van der Waals surface area contributed by atoms with Crippen molar-refractivity contribution in [2.45, 2.75) is 46.5 Å². The van der Waals surface area contributed by atoms with Crippen LogP contribution in [0.5, 0.6) is 0 Å². The molecule has 0 atom stereocenters. The molecule has 1 amide bonds. The monoisotopic (exact) mass is 319 g/mol. The Morgan fingerprint density at radius 2 is 1.74 bits per heavy atom. The van der Waals surface area contributed by atoms with Gasteiger partial charge >= 0.3 is 0 Å². The van der Waals surface area contributed by atoms with Crippen LogP contribution >= 0.6 is 0 Å². The molecule has 1 aromatic carbocycles. The number of likely N-dealkylation sites (N-methyl/N-ethyl adjacent to an activating group) is 1. The Kier molecular flexibility index (Phi) is 10.1. The summed E-state index contributed by atoms with van der Waals surface area (Å²) in [6.07, 6.45) is 3.59. The summed E-state index contributed by atoms with van der Waals surface area (Å²) in [4.78, 5) is 14.1. The van der Waals surface area contributed by atoms with E-state index in [1.165, 1.54) is 11.3 Å². The van der Waals surface area contributed by atoms with Crippen molar-refractivity contribution in [3.05, 3.63) is 29.8 Å². The van der Waals surface area contributed by atoms with Crippen LogP contribution in [0.15, 0.2) is 24.3 Å². The highest BCUT2D eigenvalue weighted by Crippen LogP contribution is 2.11. The Bertz CT molecular complexity index is 427. The average Bonchev–Trinajstić information content (AvgIpc) is 2.58. The first-order chi connectivity index (χ1) is 11.2. The summed E-state index contributed by atoms with van der Waals surface area (Å²) in [5.74, 6) is 0.165. The number of nitrogens with zero attached hydrogens (tertiary/aromatic N) is 1. The van der Waals surface area contributed by atoms with Gasteiger partial charge in [0.2, 0.25) is 5.91 Å². The van der Waals surface area contributed by atoms with E-state index >= 15 is 0 Å². The lowest BCUT2D eigenvalue weighted by atomic mass is 10.1. The maximum atomic E-state index is 11.8. The Balaban J connectivity index is 2.16. The topological polar surface area (TPSA) is 44.4 Å². The molecular weight excluding hydrogens is 286 g/mol. The number of rotatable bonds is 12. The second-order valence-electron chi connectivity index (χ2n) is 5.85. The van der Waals surface area contributed by atoms with Gasteiger partial charge in [-0.3, -0.25) is 4.79 Å². The van der Waals surface area contributed by atoms with Crippen LogP contribution in [-0.4, -0.2) is 43.5 Å². The van der Waals surface area contributed by atoms with Gasteiger partial charge in [0.25, 0.3) is 0 Å². The van der Waals surface area contributed by atoms with Crippen LogP contribution < -0.4 is 10.6 Å². The van der Waals surface area contributed by atoms with Crippen molar-refractivity contribution >= 4 is 11.6 Å². The Morgan fingerprint density at radius 3 is 2.35 bits per heavy atom. The van der Waals surface area contributed by atoms with Gasteiger partial charge in [-0.15, -0.1) is 0 Å². The van der Waals surface area contributed by atoms with Gasteiger partial charge in [-0.05, 0) is 50.0 Å². The number of hydrogen-bond donors (Lipinski definition) is 2. The normalized spacial score (nSPS) is 10.8. The van der Waals surface area contributed by atoms with Crippen molar-refractivity contribution in [1.82, 2.24) is 10.2 Å². The van der Waals surface area contributed by atoms with Crippen molar-refractivity contribution < 1.29 is 4.79 Å². The molecule has 0 unspecified atom stereocenters. The van der Waals surface area contributed by atoms with Crippen LogP contribution in [-0.2, 0) is 11.2 Å². The lowest BCUT2D eigenvalue weighted by Crippen LogP contribution is -2.34. The van der Waals surface area contributed by atoms with Gasteiger partial charge < -0.3 is 15.5 Å². The summed E-state index contributed by atoms with van der Waals surface area (Å²) in [5, 5.41) is 6.38. The number of carbonyl (C=O) groups excluding carboxylic acids is 1. The van der Waals surface area contributed by atoms with E-state index in [0.29, 0.717) is 6.42 Å². The van der Waals surface area contributed by atoms with E-state index in [4.69, 9.17) is 0 Å². The smallest absolute Gasteiger partial charge is 0.220 e. The fraction of sp³-hybridized carbons (Fsp3) is 0.632. The van der Waals surface area contributed by atoms with Crippen LogP contribution in [0.2, 0.25) is 0 Å². The second-order valence-corrected chi connectivity index (χ2v) is 5.85. The fourth-order valence-electron chi connectivity index (χ4n) is 2.49. The van der Waals surface area contributed by atoms with Gasteiger partial charge in [-0.25, -0.2) is 0 Å². The molecule has 0 fully saturated rings. The summed E-state index contributed by atoms with van der Waals surface area (Å²) in [6, 6.07) is 8.54. The Hall–Kier alpha value is -1.55. The Morgan fingerprint density at radius 1 is 1.04 bits per heavy atom. The van der Waals surface area contributed by atoms with E-state index in [2.05, 4.69) is 60.6 Å². The van der Waals surface area contributed by atoms with Crippen LogP contribution in [0.3, 0.4) is 0 Å². The lowest BCUT2D eigenvalue weighted by Gasteiger charge is -2.17. The van der Waals surface area contributed by atoms with Gasteiger partial charge in [-0.1, -0.05) is 32.9 Å². The molecule has 23 heavy (non-hydrogen) atoms. The zero-order chi connectivity index (χ0) is 16.9. The number of carbonyl (C=O) groups is 1. The molecule has 0 aromatic heterocycles. The van der Waals surface area contributed by atoms with Crippen molar-refractivity contribution in [2.75, 3.05) is 38.0 Å². The standard InChI is InChI=1S/C19H33N3O/c1-4-14-20-18-12-10-17(11-13-18)8-7-9-19(23)21-15-16-22(5-2)6-3/h10-13,20H,4-9,14-16H2,1-3H3,(H,21,23). The van der Waals surface area contributed by atoms with E-state index in [1.807, 2.05) is 0 Å². The molecule has 0 aliphatic carbocycles. The molecule has 4 nitrogen and oxygen atoms in total. The highest BCUT2D eigenvalue weighted by atomic mass is 16.1. The quantitative estimate of drug-likeness (QED) is 0.621. The molecule has 0 aliphatic heterocycles. The van der Waals surface area contributed by atoms with Gasteiger partial charge in [0, 0.05) is 31.7 Å². The predicted octanol–water partition coefficient (Wildman–Crippen LogP) is 3.29. The number of nitrogens with one attached hydrogen (secondary N) is 2. The molecule has 0 saturated heterocycles. The Labute approximate surface area is 141 Å². The zero-order valence-corrected chi connectivity index (χ0v) is 15.0. The highest BCUT2D eigenvalue weighted by molar-refractivity contribution is 5.75. The summed E-state index contributed by atoms with van der Waals surface area (Å²) in [7, 11) is 0. The van der Waals surface area contributed by atoms with E-state index in [9.17, 15) is 4.79 Å². The third-order valence-electron chi connectivity index (χ3n) is 4.05. The first-order valence-electron chi connectivity index (χ1n) is 9.01. The molecule has 130 valence electrons. The molecule has 0 bridgehead atoms. The van der Waals surface area contributed by atoms with Crippen LogP contribution in [0, 0.1) is 0 Å². The van der Waals surface area contributed by atoms with Crippen molar-refractivity contribution in [2.24, 2.45) is 0 Å². The minimum Gasteiger partial charge on any atom is -0.385 e. The third kappa shape index (κ3) is 8.60. The largest absolute Gasteiger partial charge is 0.385 e. The number of amides is 1. The third-order valence-corrected chi connectivity index (χ3v) is 4.05. The van der Waals surface area contributed by atoms with Crippen molar-refractivity contribution in [3.63, 3.8) is 0 Å². The maximum Gasteiger partial charge on any atom is 0.220 e. The average molecular weight is 319 g/mol. The van der Waals surface area contributed by atoms with E-state index in [-0.39, 0.29) is 5.91 Å². The van der Waals surface area contributed by atoms with Crippen LogP contribution in [0.4, 0.5) is 5.69 Å².